The quantitative estimate of drug-likeness (QED) is 0.668. The Bertz CT molecular complexity index is 872. The molecule has 138 valence electrons. The van der Waals surface area contributed by atoms with Gasteiger partial charge in [-0.2, -0.15) is 0 Å². The number of carbonyl (C=O) groups excluding carboxylic acids is 1. The van der Waals surface area contributed by atoms with Crippen LogP contribution in [0, 0.1) is 0 Å². The summed E-state index contributed by atoms with van der Waals surface area (Å²) in [6, 6.07) is 11.8. The van der Waals surface area contributed by atoms with E-state index >= 15 is 0 Å². The molecule has 3 aromatic rings. The number of nitrogens with one attached hydrogen (secondary N) is 2. The molecule has 0 saturated carbocycles. The fourth-order valence-corrected chi connectivity index (χ4v) is 2.80. The van der Waals surface area contributed by atoms with E-state index in [1.807, 2.05) is 36.4 Å². The van der Waals surface area contributed by atoms with Crippen molar-refractivity contribution < 1.29 is 4.79 Å². The predicted molar refractivity (Wildman–Crippen MR) is 107 cm³/mol. The third kappa shape index (κ3) is 4.67. The summed E-state index contributed by atoms with van der Waals surface area (Å²) < 4.78 is 0. The second kappa shape index (κ2) is 8.89. The third-order valence-corrected chi connectivity index (χ3v) is 4.30. The van der Waals surface area contributed by atoms with Gasteiger partial charge in [0.1, 0.15) is 11.5 Å². The standard InChI is InChI=1S/C21H23N5O/c1-3-15-8-7-9-16(4-2)20(15)26-21(27)18-13-25-19(14-23-18)24-12-17-10-5-6-11-22-17/h5-11,13-14H,3-4,12H2,1-2H3,(H,24,25)(H,26,27). The van der Waals surface area contributed by atoms with Gasteiger partial charge in [-0.25, -0.2) is 9.97 Å². The fraction of sp³-hybridized carbons (Fsp3) is 0.238. The molecule has 0 bridgehead atoms. The SMILES string of the molecule is CCc1cccc(CC)c1NC(=O)c1cnc(NCc2ccccn2)cn1. The van der Waals surface area contributed by atoms with Crippen LogP contribution >= 0.6 is 0 Å². The highest BCUT2D eigenvalue weighted by Gasteiger charge is 2.13. The molecule has 3 rings (SSSR count). The zero-order valence-corrected chi connectivity index (χ0v) is 15.6. The molecular weight excluding hydrogens is 338 g/mol. The Hall–Kier alpha value is -3.28. The van der Waals surface area contributed by atoms with Gasteiger partial charge in [0.05, 0.1) is 24.6 Å². The first-order chi connectivity index (χ1) is 13.2. The van der Waals surface area contributed by atoms with Crippen molar-refractivity contribution in [3.63, 3.8) is 0 Å². The number of benzene rings is 1. The highest BCUT2D eigenvalue weighted by molar-refractivity contribution is 6.03. The first kappa shape index (κ1) is 18.5. The summed E-state index contributed by atoms with van der Waals surface area (Å²) in [5, 5.41) is 6.15. The lowest BCUT2D eigenvalue weighted by Gasteiger charge is -2.14. The molecule has 2 N–H and O–H groups in total. The highest BCUT2D eigenvalue weighted by Crippen LogP contribution is 2.23. The number of pyridine rings is 1. The summed E-state index contributed by atoms with van der Waals surface area (Å²) in [6.45, 7) is 4.70. The maximum absolute atomic E-state index is 12.6. The van der Waals surface area contributed by atoms with E-state index in [1.54, 1.807) is 12.4 Å². The maximum atomic E-state index is 12.6. The van der Waals surface area contributed by atoms with Gasteiger partial charge in [0.2, 0.25) is 0 Å². The van der Waals surface area contributed by atoms with Crippen LogP contribution in [0.3, 0.4) is 0 Å². The lowest BCUT2D eigenvalue weighted by Crippen LogP contribution is -2.17. The molecule has 0 aliphatic heterocycles. The average molecular weight is 361 g/mol. The van der Waals surface area contributed by atoms with Crippen LogP contribution in [0.1, 0.15) is 41.2 Å². The summed E-state index contributed by atoms with van der Waals surface area (Å²) in [5.74, 6) is 0.342. The number of aromatic nitrogens is 3. The van der Waals surface area contributed by atoms with E-state index in [-0.39, 0.29) is 11.6 Å². The molecule has 27 heavy (non-hydrogen) atoms. The van der Waals surface area contributed by atoms with E-state index in [0.29, 0.717) is 12.4 Å². The van der Waals surface area contributed by atoms with Gasteiger partial charge in [-0.15, -0.1) is 0 Å². The van der Waals surface area contributed by atoms with E-state index in [0.717, 1.165) is 35.3 Å². The highest BCUT2D eigenvalue weighted by atomic mass is 16.1. The van der Waals surface area contributed by atoms with Gasteiger partial charge in [-0.05, 0) is 36.1 Å². The first-order valence-electron chi connectivity index (χ1n) is 9.09. The normalized spacial score (nSPS) is 10.4. The molecule has 2 heterocycles. The van der Waals surface area contributed by atoms with Crippen molar-refractivity contribution in [2.24, 2.45) is 0 Å². The van der Waals surface area contributed by atoms with E-state index < -0.39 is 0 Å². The van der Waals surface area contributed by atoms with Gasteiger partial charge >= 0.3 is 0 Å². The Balaban J connectivity index is 1.68. The molecule has 0 aliphatic carbocycles. The van der Waals surface area contributed by atoms with Gasteiger partial charge in [-0.1, -0.05) is 38.1 Å². The van der Waals surface area contributed by atoms with Crippen LogP contribution in [0.2, 0.25) is 0 Å². The molecule has 0 radical (unpaired) electrons. The second-order valence-corrected chi connectivity index (χ2v) is 6.07. The zero-order valence-electron chi connectivity index (χ0n) is 15.6. The third-order valence-electron chi connectivity index (χ3n) is 4.30. The van der Waals surface area contributed by atoms with Crippen LogP contribution in [0.25, 0.3) is 0 Å². The predicted octanol–water partition coefficient (Wildman–Crippen LogP) is 3.86. The molecule has 1 amide bonds. The lowest BCUT2D eigenvalue weighted by molar-refractivity contribution is 0.102. The van der Waals surface area contributed by atoms with Crippen LogP contribution in [0.4, 0.5) is 11.5 Å². The Kier molecular flexibility index (Phi) is 6.10. The van der Waals surface area contributed by atoms with Crippen LogP contribution < -0.4 is 10.6 Å². The van der Waals surface area contributed by atoms with E-state index in [4.69, 9.17) is 0 Å². The van der Waals surface area contributed by atoms with Crippen molar-refractivity contribution >= 4 is 17.4 Å². The minimum absolute atomic E-state index is 0.255. The molecular formula is C21H23N5O. The smallest absolute Gasteiger partial charge is 0.275 e. The monoisotopic (exact) mass is 361 g/mol. The van der Waals surface area contributed by atoms with E-state index in [2.05, 4.69) is 39.4 Å². The number of rotatable bonds is 7. The molecule has 0 saturated heterocycles. The summed E-state index contributed by atoms with van der Waals surface area (Å²) in [4.78, 5) is 25.4. The second-order valence-electron chi connectivity index (χ2n) is 6.07. The van der Waals surface area contributed by atoms with Gasteiger partial charge in [0.15, 0.2) is 0 Å². The van der Waals surface area contributed by atoms with Crippen molar-refractivity contribution in [2.75, 3.05) is 10.6 Å². The van der Waals surface area contributed by atoms with Gasteiger partial charge < -0.3 is 10.6 Å². The maximum Gasteiger partial charge on any atom is 0.275 e. The van der Waals surface area contributed by atoms with Gasteiger partial charge in [0.25, 0.3) is 5.91 Å². The number of hydrogen-bond donors (Lipinski definition) is 2. The molecule has 0 atom stereocenters. The van der Waals surface area contributed by atoms with Gasteiger partial charge in [0, 0.05) is 11.9 Å². The number of aryl methyl sites for hydroxylation is 2. The molecule has 0 unspecified atom stereocenters. The molecule has 0 fully saturated rings. The number of nitrogens with zero attached hydrogens (tertiary/aromatic N) is 3. The van der Waals surface area contributed by atoms with Crippen molar-refractivity contribution in [3.8, 4) is 0 Å². The topological polar surface area (TPSA) is 79.8 Å². The Morgan fingerprint density at radius 1 is 0.926 bits per heavy atom. The Labute approximate surface area is 159 Å². The molecule has 1 aromatic carbocycles. The van der Waals surface area contributed by atoms with Crippen LogP contribution in [-0.2, 0) is 19.4 Å². The Morgan fingerprint density at radius 2 is 1.70 bits per heavy atom. The number of anilines is 2. The minimum Gasteiger partial charge on any atom is -0.363 e. The fourth-order valence-electron chi connectivity index (χ4n) is 2.80. The average Bonchev–Trinajstić information content (AvgIpc) is 2.73. The minimum atomic E-state index is -0.255. The number of carbonyl (C=O) groups is 1. The molecule has 0 aliphatic rings. The summed E-state index contributed by atoms with van der Waals surface area (Å²) in [6.07, 6.45) is 6.49. The van der Waals surface area contributed by atoms with Crippen LogP contribution in [0.15, 0.2) is 55.0 Å². The molecule has 0 spiro atoms. The zero-order chi connectivity index (χ0) is 19.1. The summed E-state index contributed by atoms with van der Waals surface area (Å²) in [5.41, 5.74) is 4.30. The van der Waals surface area contributed by atoms with Crippen LogP contribution in [-0.4, -0.2) is 20.9 Å². The lowest BCUT2D eigenvalue weighted by atomic mass is 10.0. The number of para-hydroxylation sites is 1. The molecule has 6 heteroatoms. The summed E-state index contributed by atoms with van der Waals surface area (Å²) >= 11 is 0. The Morgan fingerprint density at radius 3 is 2.30 bits per heavy atom. The van der Waals surface area contributed by atoms with Crippen molar-refractivity contribution in [1.82, 2.24) is 15.0 Å². The summed E-state index contributed by atoms with van der Waals surface area (Å²) in [7, 11) is 0. The van der Waals surface area contributed by atoms with Crippen molar-refractivity contribution in [1.29, 1.82) is 0 Å². The number of hydrogen-bond acceptors (Lipinski definition) is 5. The number of amides is 1. The molecule has 6 nitrogen and oxygen atoms in total. The van der Waals surface area contributed by atoms with Crippen molar-refractivity contribution in [2.45, 2.75) is 33.2 Å². The first-order valence-corrected chi connectivity index (χ1v) is 9.09. The largest absolute Gasteiger partial charge is 0.363 e. The van der Waals surface area contributed by atoms with Crippen molar-refractivity contribution in [3.05, 3.63) is 77.5 Å². The molecule has 2 aromatic heterocycles. The van der Waals surface area contributed by atoms with Crippen LogP contribution in [0.5, 0.6) is 0 Å². The van der Waals surface area contributed by atoms with E-state index in [9.17, 15) is 4.79 Å². The van der Waals surface area contributed by atoms with Gasteiger partial charge in [-0.3, -0.25) is 9.78 Å². The van der Waals surface area contributed by atoms with E-state index in [1.165, 1.54) is 6.20 Å².